The first-order valence-corrected chi connectivity index (χ1v) is 7.14. The van der Waals surface area contributed by atoms with Crippen molar-refractivity contribution in [1.82, 2.24) is 4.90 Å². The molecule has 4 nitrogen and oxygen atoms in total. The summed E-state index contributed by atoms with van der Waals surface area (Å²) in [6.45, 7) is 4.23. The van der Waals surface area contributed by atoms with Gasteiger partial charge in [0, 0.05) is 19.5 Å². The van der Waals surface area contributed by atoms with Crippen molar-refractivity contribution in [3.8, 4) is 5.75 Å². The highest BCUT2D eigenvalue weighted by molar-refractivity contribution is 5.97. The second-order valence-electron chi connectivity index (χ2n) is 5.92. The van der Waals surface area contributed by atoms with Gasteiger partial charge in [-0.15, -0.1) is 0 Å². The lowest BCUT2D eigenvalue weighted by Gasteiger charge is -2.24. The van der Waals surface area contributed by atoms with Crippen LogP contribution in [0.25, 0.3) is 0 Å². The van der Waals surface area contributed by atoms with Crippen LogP contribution in [0.5, 0.6) is 5.75 Å². The molecule has 1 amide bonds. The molecule has 0 saturated heterocycles. The van der Waals surface area contributed by atoms with Gasteiger partial charge in [0.05, 0.1) is 11.7 Å². The van der Waals surface area contributed by atoms with Crippen LogP contribution in [0.4, 0.5) is 0 Å². The van der Waals surface area contributed by atoms with Crippen LogP contribution in [-0.2, 0) is 0 Å². The van der Waals surface area contributed by atoms with E-state index in [4.69, 9.17) is 0 Å². The van der Waals surface area contributed by atoms with Gasteiger partial charge in [-0.05, 0) is 43.9 Å². The maximum absolute atomic E-state index is 12.4. The summed E-state index contributed by atoms with van der Waals surface area (Å²) in [5, 5.41) is 19.9. The molecule has 110 valence electrons. The van der Waals surface area contributed by atoms with E-state index in [9.17, 15) is 15.0 Å². The number of benzene rings is 1. The topological polar surface area (TPSA) is 60.8 Å². The monoisotopic (exact) mass is 277 g/mol. The lowest BCUT2D eigenvalue weighted by molar-refractivity contribution is 0.0690. The van der Waals surface area contributed by atoms with E-state index < -0.39 is 0 Å². The standard InChI is InChI=1S/C16H23NO3/c1-10-7-11(2)15(19)13(8-10)16(20)17(3)9-12-5-4-6-14(12)18/h7-8,12,14,18-19H,4-6,9H2,1-3H3. The van der Waals surface area contributed by atoms with Gasteiger partial charge in [-0.3, -0.25) is 4.79 Å². The van der Waals surface area contributed by atoms with E-state index in [1.165, 1.54) is 0 Å². The van der Waals surface area contributed by atoms with Crippen LogP contribution >= 0.6 is 0 Å². The van der Waals surface area contributed by atoms with Crippen molar-refractivity contribution < 1.29 is 15.0 Å². The van der Waals surface area contributed by atoms with Crippen molar-refractivity contribution in [3.63, 3.8) is 0 Å². The van der Waals surface area contributed by atoms with Crippen LogP contribution in [0, 0.1) is 19.8 Å². The first-order valence-electron chi connectivity index (χ1n) is 7.14. The maximum atomic E-state index is 12.4. The third-order valence-electron chi connectivity index (χ3n) is 4.15. The van der Waals surface area contributed by atoms with Gasteiger partial charge in [-0.2, -0.15) is 0 Å². The zero-order valence-corrected chi connectivity index (χ0v) is 12.4. The SMILES string of the molecule is Cc1cc(C)c(O)c(C(=O)N(C)CC2CCCC2O)c1. The lowest BCUT2D eigenvalue weighted by Crippen LogP contribution is -2.34. The van der Waals surface area contributed by atoms with E-state index in [1.807, 2.05) is 13.0 Å². The van der Waals surface area contributed by atoms with Crippen molar-refractivity contribution in [2.24, 2.45) is 5.92 Å². The fourth-order valence-electron chi connectivity index (χ4n) is 2.99. The van der Waals surface area contributed by atoms with Gasteiger partial charge in [-0.1, -0.05) is 12.5 Å². The molecule has 0 bridgehead atoms. The summed E-state index contributed by atoms with van der Waals surface area (Å²) in [6, 6.07) is 3.57. The Bertz CT molecular complexity index is 513. The van der Waals surface area contributed by atoms with E-state index in [-0.39, 0.29) is 23.7 Å². The molecule has 0 heterocycles. The molecule has 1 aliphatic rings. The number of aliphatic hydroxyl groups is 1. The Morgan fingerprint density at radius 2 is 2.05 bits per heavy atom. The molecule has 1 fully saturated rings. The molecule has 20 heavy (non-hydrogen) atoms. The number of aliphatic hydroxyl groups excluding tert-OH is 1. The average Bonchev–Trinajstić information content (AvgIpc) is 2.78. The first-order chi connectivity index (χ1) is 9.40. The molecule has 1 aromatic rings. The highest BCUT2D eigenvalue weighted by Gasteiger charge is 2.28. The van der Waals surface area contributed by atoms with Crippen LogP contribution < -0.4 is 0 Å². The second-order valence-corrected chi connectivity index (χ2v) is 5.92. The van der Waals surface area contributed by atoms with Crippen molar-refractivity contribution in [3.05, 3.63) is 28.8 Å². The van der Waals surface area contributed by atoms with E-state index in [0.29, 0.717) is 17.7 Å². The number of phenols is 1. The predicted octanol–water partition coefficient (Wildman–Crippen LogP) is 2.24. The van der Waals surface area contributed by atoms with Gasteiger partial charge in [0.25, 0.3) is 5.91 Å². The molecule has 1 aliphatic carbocycles. The van der Waals surface area contributed by atoms with Gasteiger partial charge >= 0.3 is 0 Å². The minimum absolute atomic E-state index is 0.0550. The zero-order valence-electron chi connectivity index (χ0n) is 12.4. The number of hydrogen-bond donors (Lipinski definition) is 2. The number of nitrogens with zero attached hydrogens (tertiary/aromatic N) is 1. The fraction of sp³-hybridized carbons (Fsp3) is 0.562. The molecule has 2 unspecified atom stereocenters. The van der Waals surface area contributed by atoms with Crippen LogP contribution in [-0.4, -0.2) is 40.7 Å². The van der Waals surface area contributed by atoms with Gasteiger partial charge in [0.15, 0.2) is 0 Å². The molecule has 4 heteroatoms. The normalized spacial score (nSPS) is 22.0. The zero-order chi connectivity index (χ0) is 14.9. The van der Waals surface area contributed by atoms with E-state index >= 15 is 0 Å². The smallest absolute Gasteiger partial charge is 0.257 e. The van der Waals surface area contributed by atoms with Crippen molar-refractivity contribution in [2.75, 3.05) is 13.6 Å². The van der Waals surface area contributed by atoms with Gasteiger partial charge in [0.1, 0.15) is 5.75 Å². The fourth-order valence-corrected chi connectivity index (χ4v) is 2.99. The summed E-state index contributed by atoms with van der Waals surface area (Å²) in [7, 11) is 1.73. The number of hydrogen-bond acceptors (Lipinski definition) is 3. The number of aromatic hydroxyl groups is 1. The number of amides is 1. The number of carbonyl (C=O) groups excluding carboxylic acids is 1. The minimum Gasteiger partial charge on any atom is -0.507 e. The van der Waals surface area contributed by atoms with Gasteiger partial charge < -0.3 is 15.1 Å². The summed E-state index contributed by atoms with van der Waals surface area (Å²) in [5.74, 6) is 0.0184. The summed E-state index contributed by atoms with van der Waals surface area (Å²) < 4.78 is 0. The van der Waals surface area contributed by atoms with Crippen LogP contribution in [0.3, 0.4) is 0 Å². The van der Waals surface area contributed by atoms with Gasteiger partial charge in [-0.25, -0.2) is 0 Å². The van der Waals surface area contributed by atoms with E-state index in [2.05, 4.69) is 0 Å². The molecule has 0 radical (unpaired) electrons. The lowest BCUT2D eigenvalue weighted by atomic mass is 10.0. The van der Waals surface area contributed by atoms with Crippen molar-refractivity contribution in [1.29, 1.82) is 0 Å². The third kappa shape index (κ3) is 2.96. The van der Waals surface area contributed by atoms with Crippen LogP contribution in [0.2, 0.25) is 0 Å². The summed E-state index contributed by atoms with van der Waals surface area (Å²) in [5.41, 5.74) is 2.01. The molecule has 2 atom stereocenters. The minimum atomic E-state index is -0.307. The summed E-state index contributed by atoms with van der Waals surface area (Å²) >= 11 is 0. The van der Waals surface area contributed by atoms with Crippen LogP contribution in [0.1, 0.15) is 40.7 Å². The predicted molar refractivity (Wildman–Crippen MR) is 77.9 cm³/mol. The Morgan fingerprint density at radius 3 is 2.65 bits per heavy atom. The number of aryl methyl sites for hydroxylation is 2. The Balaban J connectivity index is 2.14. The molecule has 0 aromatic heterocycles. The molecule has 1 aromatic carbocycles. The molecule has 2 rings (SSSR count). The third-order valence-corrected chi connectivity index (χ3v) is 4.15. The Kier molecular flexibility index (Phi) is 4.33. The van der Waals surface area contributed by atoms with Gasteiger partial charge in [0.2, 0.25) is 0 Å². The molecule has 2 N–H and O–H groups in total. The molecule has 1 saturated carbocycles. The first kappa shape index (κ1) is 14.9. The van der Waals surface area contributed by atoms with Crippen molar-refractivity contribution >= 4 is 5.91 Å². The summed E-state index contributed by atoms with van der Waals surface area (Å²) in [4.78, 5) is 14.1. The Morgan fingerprint density at radius 1 is 1.35 bits per heavy atom. The maximum Gasteiger partial charge on any atom is 0.257 e. The van der Waals surface area contributed by atoms with Crippen LogP contribution in [0.15, 0.2) is 12.1 Å². The molecule has 0 aliphatic heterocycles. The molecular weight excluding hydrogens is 254 g/mol. The van der Waals surface area contributed by atoms with E-state index in [0.717, 1.165) is 24.8 Å². The highest BCUT2D eigenvalue weighted by atomic mass is 16.3. The Labute approximate surface area is 120 Å². The molecule has 0 spiro atoms. The van der Waals surface area contributed by atoms with E-state index in [1.54, 1.807) is 24.9 Å². The number of rotatable bonds is 3. The number of phenolic OH excluding ortho intramolecular Hbond substituents is 1. The Hall–Kier alpha value is -1.55. The quantitative estimate of drug-likeness (QED) is 0.890. The summed E-state index contributed by atoms with van der Waals surface area (Å²) in [6.07, 6.45) is 2.49. The number of carbonyl (C=O) groups is 1. The largest absolute Gasteiger partial charge is 0.507 e. The average molecular weight is 277 g/mol. The van der Waals surface area contributed by atoms with Crippen molar-refractivity contribution in [2.45, 2.75) is 39.2 Å². The molecular formula is C16H23NO3. The second kappa shape index (κ2) is 5.83. The highest BCUT2D eigenvalue weighted by Crippen LogP contribution is 2.28.